The number of carbonyl (C=O) groups excluding carboxylic acids is 1. The maximum atomic E-state index is 12.2. The Bertz CT molecular complexity index is 760. The molecule has 136 valence electrons. The smallest absolute Gasteiger partial charge is 0.236 e. The second-order valence-corrected chi connectivity index (χ2v) is 7.81. The van der Waals surface area contributed by atoms with Gasteiger partial charge in [-0.15, -0.1) is 11.3 Å². The number of hydrogen-bond acceptors (Lipinski definition) is 7. The second kappa shape index (κ2) is 7.82. The van der Waals surface area contributed by atoms with Crippen LogP contribution in [0.15, 0.2) is 6.07 Å². The fourth-order valence-corrected chi connectivity index (χ4v) is 4.05. The van der Waals surface area contributed by atoms with Crippen LogP contribution in [0.4, 0.5) is 5.82 Å². The molecule has 0 radical (unpaired) electrons. The molecule has 1 saturated heterocycles. The molecule has 9 heteroatoms. The number of morpholine rings is 1. The first-order valence-electron chi connectivity index (χ1n) is 8.11. The highest BCUT2D eigenvalue weighted by Gasteiger charge is 2.20. The number of amides is 1. The second-order valence-electron chi connectivity index (χ2n) is 6.33. The summed E-state index contributed by atoms with van der Waals surface area (Å²) in [6.07, 6.45) is 0. The van der Waals surface area contributed by atoms with Crippen LogP contribution in [0, 0.1) is 0 Å². The van der Waals surface area contributed by atoms with E-state index in [1.54, 1.807) is 16.2 Å². The molecular weight excluding hydrogens is 362 g/mol. The number of carbonyl (C=O) groups is 1. The largest absolute Gasteiger partial charge is 0.378 e. The van der Waals surface area contributed by atoms with Gasteiger partial charge in [0, 0.05) is 25.0 Å². The SMILES string of the molecule is CN(C)CC(=O)N(C)Cc1cc2nc(Cl)nc(N3CCOCC3)c2s1. The number of anilines is 1. The number of hydrogen-bond donors (Lipinski definition) is 0. The number of aromatic nitrogens is 2. The van der Waals surface area contributed by atoms with Gasteiger partial charge in [0.25, 0.3) is 0 Å². The summed E-state index contributed by atoms with van der Waals surface area (Å²) in [4.78, 5) is 27.8. The minimum atomic E-state index is 0.0833. The molecule has 0 spiro atoms. The molecule has 0 unspecified atom stereocenters. The third-order valence-electron chi connectivity index (χ3n) is 3.96. The molecule has 7 nitrogen and oxygen atoms in total. The topological polar surface area (TPSA) is 61.8 Å². The van der Waals surface area contributed by atoms with Crippen molar-refractivity contribution in [3.63, 3.8) is 0 Å². The van der Waals surface area contributed by atoms with Crippen molar-refractivity contribution in [2.24, 2.45) is 0 Å². The third kappa shape index (κ3) is 4.38. The highest BCUT2D eigenvalue weighted by molar-refractivity contribution is 7.19. The summed E-state index contributed by atoms with van der Waals surface area (Å²) in [6, 6.07) is 2.00. The van der Waals surface area contributed by atoms with Crippen LogP contribution in [0.3, 0.4) is 0 Å². The van der Waals surface area contributed by atoms with Crippen molar-refractivity contribution in [2.45, 2.75) is 6.54 Å². The molecule has 0 atom stereocenters. The van der Waals surface area contributed by atoms with Crippen LogP contribution >= 0.6 is 22.9 Å². The number of fused-ring (bicyclic) bond motifs is 1. The minimum Gasteiger partial charge on any atom is -0.378 e. The van der Waals surface area contributed by atoms with Gasteiger partial charge in [0.2, 0.25) is 11.2 Å². The number of nitrogens with zero attached hydrogens (tertiary/aromatic N) is 5. The van der Waals surface area contributed by atoms with Crippen molar-refractivity contribution in [1.82, 2.24) is 19.8 Å². The lowest BCUT2D eigenvalue weighted by Crippen LogP contribution is -2.36. The molecule has 3 rings (SSSR count). The lowest BCUT2D eigenvalue weighted by molar-refractivity contribution is -0.131. The van der Waals surface area contributed by atoms with E-state index in [2.05, 4.69) is 14.9 Å². The van der Waals surface area contributed by atoms with Crippen molar-refractivity contribution in [3.05, 3.63) is 16.2 Å². The van der Waals surface area contributed by atoms with Crippen LogP contribution in [-0.2, 0) is 16.1 Å². The highest BCUT2D eigenvalue weighted by atomic mass is 35.5. The van der Waals surface area contributed by atoms with E-state index in [-0.39, 0.29) is 11.2 Å². The molecule has 1 aliphatic heterocycles. The van der Waals surface area contributed by atoms with Gasteiger partial charge in [0.15, 0.2) is 5.82 Å². The Morgan fingerprint density at radius 1 is 1.32 bits per heavy atom. The molecule has 0 N–H and O–H groups in total. The van der Waals surface area contributed by atoms with Gasteiger partial charge in [-0.1, -0.05) is 0 Å². The molecule has 2 aromatic heterocycles. The average Bonchev–Trinajstić information content (AvgIpc) is 2.96. The predicted octanol–water partition coefficient (Wildman–Crippen LogP) is 1.70. The monoisotopic (exact) mass is 383 g/mol. The Hall–Kier alpha value is -1.48. The Kier molecular flexibility index (Phi) is 5.73. The average molecular weight is 384 g/mol. The van der Waals surface area contributed by atoms with Gasteiger partial charge in [-0.2, -0.15) is 4.98 Å². The summed E-state index contributed by atoms with van der Waals surface area (Å²) >= 11 is 7.74. The number of halogens is 1. The summed E-state index contributed by atoms with van der Waals surface area (Å²) in [5.74, 6) is 0.941. The number of likely N-dealkylation sites (N-methyl/N-ethyl adjacent to an activating group) is 2. The summed E-state index contributed by atoms with van der Waals surface area (Å²) in [7, 11) is 5.59. The van der Waals surface area contributed by atoms with Crippen LogP contribution in [0.2, 0.25) is 5.28 Å². The lowest BCUT2D eigenvalue weighted by atomic mass is 10.3. The molecule has 0 aliphatic carbocycles. The fourth-order valence-electron chi connectivity index (χ4n) is 2.72. The van der Waals surface area contributed by atoms with Crippen LogP contribution in [0.5, 0.6) is 0 Å². The van der Waals surface area contributed by atoms with Gasteiger partial charge >= 0.3 is 0 Å². The van der Waals surface area contributed by atoms with Crippen LogP contribution in [0.25, 0.3) is 10.2 Å². The zero-order valence-corrected chi connectivity index (χ0v) is 16.2. The standard InChI is InChI=1S/C16H22ClN5O2S/c1-20(2)10-13(23)21(3)9-11-8-12-14(25-11)15(19-16(17)18-12)22-4-6-24-7-5-22/h8H,4-7,9-10H2,1-3H3. The van der Waals surface area contributed by atoms with Gasteiger partial charge in [-0.3, -0.25) is 4.79 Å². The number of rotatable bonds is 5. The Labute approximate surface area is 156 Å². The Morgan fingerprint density at radius 3 is 2.72 bits per heavy atom. The van der Waals surface area contributed by atoms with Crippen LogP contribution in [0.1, 0.15) is 4.88 Å². The van der Waals surface area contributed by atoms with E-state index in [0.717, 1.165) is 34.0 Å². The Balaban J connectivity index is 1.85. The van der Waals surface area contributed by atoms with Crippen molar-refractivity contribution < 1.29 is 9.53 Å². The van der Waals surface area contributed by atoms with E-state index in [1.165, 1.54) is 0 Å². The van der Waals surface area contributed by atoms with Gasteiger partial charge in [0.1, 0.15) is 0 Å². The first-order chi connectivity index (χ1) is 11.9. The Morgan fingerprint density at radius 2 is 2.04 bits per heavy atom. The van der Waals surface area contributed by atoms with Crippen molar-refractivity contribution >= 4 is 44.9 Å². The molecule has 1 aliphatic rings. The van der Waals surface area contributed by atoms with Gasteiger partial charge in [-0.25, -0.2) is 4.98 Å². The molecule has 1 amide bonds. The normalized spacial score (nSPS) is 15.2. The summed E-state index contributed by atoms with van der Waals surface area (Å²) in [5.41, 5.74) is 0.829. The first-order valence-corrected chi connectivity index (χ1v) is 9.31. The van der Waals surface area contributed by atoms with E-state index >= 15 is 0 Å². The molecule has 1 fully saturated rings. The zero-order valence-electron chi connectivity index (χ0n) is 14.7. The molecule has 2 aromatic rings. The third-order valence-corrected chi connectivity index (χ3v) is 5.23. The fraction of sp³-hybridized carbons (Fsp3) is 0.562. The molecule has 0 aromatic carbocycles. The van der Waals surface area contributed by atoms with E-state index in [4.69, 9.17) is 16.3 Å². The van der Waals surface area contributed by atoms with E-state index in [1.807, 2.05) is 32.1 Å². The first kappa shape index (κ1) is 18.3. The van der Waals surface area contributed by atoms with Crippen LogP contribution in [-0.4, -0.2) is 79.7 Å². The van der Waals surface area contributed by atoms with Crippen LogP contribution < -0.4 is 4.90 Å². The van der Waals surface area contributed by atoms with E-state index in [9.17, 15) is 4.79 Å². The summed E-state index contributed by atoms with van der Waals surface area (Å²) in [5, 5.41) is 0.246. The zero-order chi connectivity index (χ0) is 18.0. The lowest BCUT2D eigenvalue weighted by Gasteiger charge is -2.28. The van der Waals surface area contributed by atoms with Gasteiger partial charge in [0.05, 0.1) is 36.5 Å². The minimum absolute atomic E-state index is 0.0833. The quantitative estimate of drug-likeness (QED) is 0.732. The predicted molar refractivity (Wildman–Crippen MR) is 100 cm³/mol. The number of ether oxygens (including phenoxy) is 1. The molecular formula is C16H22ClN5O2S. The maximum absolute atomic E-state index is 12.2. The molecule has 25 heavy (non-hydrogen) atoms. The molecule has 0 saturated carbocycles. The highest BCUT2D eigenvalue weighted by Crippen LogP contribution is 2.33. The summed E-state index contributed by atoms with van der Waals surface area (Å²) in [6.45, 7) is 3.89. The molecule has 3 heterocycles. The number of thiophene rings is 1. The van der Waals surface area contributed by atoms with Gasteiger partial charge < -0.3 is 19.4 Å². The van der Waals surface area contributed by atoms with E-state index in [0.29, 0.717) is 26.3 Å². The molecule has 0 bridgehead atoms. The summed E-state index contributed by atoms with van der Waals surface area (Å²) < 4.78 is 6.43. The van der Waals surface area contributed by atoms with Crippen molar-refractivity contribution in [3.8, 4) is 0 Å². The van der Waals surface area contributed by atoms with Crippen molar-refractivity contribution in [1.29, 1.82) is 0 Å². The van der Waals surface area contributed by atoms with E-state index < -0.39 is 0 Å². The van der Waals surface area contributed by atoms with Gasteiger partial charge in [-0.05, 0) is 31.8 Å². The van der Waals surface area contributed by atoms with Crippen molar-refractivity contribution in [2.75, 3.05) is 58.9 Å². The maximum Gasteiger partial charge on any atom is 0.236 e.